The van der Waals surface area contributed by atoms with Crippen LogP contribution < -0.4 is 5.73 Å². The van der Waals surface area contributed by atoms with Crippen LogP contribution in [-0.4, -0.2) is 30.6 Å². The molecule has 1 fully saturated rings. The van der Waals surface area contributed by atoms with E-state index in [2.05, 4.69) is 18.7 Å². The zero-order valence-corrected chi connectivity index (χ0v) is 11.3. The molecule has 1 atom stereocenters. The summed E-state index contributed by atoms with van der Waals surface area (Å²) in [6, 6.07) is 0.939. The lowest BCUT2D eigenvalue weighted by atomic mass is 9.96. The van der Waals surface area contributed by atoms with Crippen LogP contribution in [0.3, 0.4) is 0 Å². The van der Waals surface area contributed by atoms with Crippen LogP contribution in [0.25, 0.3) is 0 Å². The Hall–Kier alpha value is -0.0800. The van der Waals surface area contributed by atoms with E-state index in [0.717, 1.165) is 18.5 Å². The van der Waals surface area contributed by atoms with Gasteiger partial charge in [-0.25, -0.2) is 0 Å². The summed E-state index contributed by atoms with van der Waals surface area (Å²) in [5.74, 6) is 0.868. The van der Waals surface area contributed by atoms with Crippen LogP contribution in [0.5, 0.6) is 0 Å². The summed E-state index contributed by atoms with van der Waals surface area (Å²) >= 11 is 0. The SMILES string of the molecule is CCCN(CCCC(CC)CCN)C1CC1. The van der Waals surface area contributed by atoms with Crippen LogP contribution in [0.2, 0.25) is 0 Å². The maximum absolute atomic E-state index is 5.63. The quantitative estimate of drug-likeness (QED) is 0.620. The van der Waals surface area contributed by atoms with Gasteiger partial charge in [0.2, 0.25) is 0 Å². The highest BCUT2D eigenvalue weighted by atomic mass is 15.2. The maximum Gasteiger partial charge on any atom is 0.00964 e. The topological polar surface area (TPSA) is 29.3 Å². The summed E-state index contributed by atoms with van der Waals surface area (Å²) in [7, 11) is 0. The van der Waals surface area contributed by atoms with Gasteiger partial charge in [-0.1, -0.05) is 20.3 Å². The van der Waals surface area contributed by atoms with Crippen molar-refractivity contribution < 1.29 is 0 Å². The zero-order chi connectivity index (χ0) is 11.8. The monoisotopic (exact) mass is 226 g/mol. The molecular weight excluding hydrogens is 196 g/mol. The van der Waals surface area contributed by atoms with Gasteiger partial charge in [0.05, 0.1) is 0 Å². The van der Waals surface area contributed by atoms with Crippen molar-refractivity contribution >= 4 is 0 Å². The van der Waals surface area contributed by atoms with Crippen molar-refractivity contribution in [1.82, 2.24) is 4.90 Å². The summed E-state index contributed by atoms with van der Waals surface area (Å²) in [6.07, 6.45) is 9.45. The molecule has 16 heavy (non-hydrogen) atoms. The van der Waals surface area contributed by atoms with E-state index in [9.17, 15) is 0 Å². The van der Waals surface area contributed by atoms with Crippen molar-refractivity contribution in [2.45, 2.75) is 64.8 Å². The van der Waals surface area contributed by atoms with E-state index < -0.39 is 0 Å². The summed E-state index contributed by atoms with van der Waals surface area (Å²) in [6.45, 7) is 8.07. The molecule has 2 N–H and O–H groups in total. The molecule has 0 aromatic carbocycles. The molecule has 2 nitrogen and oxygen atoms in total. The third kappa shape index (κ3) is 5.31. The Labute approximate surface area is 102 Å². The Kier molecular flexibility index (Phi) is 7.06. The fourth-order valence-electron chi connectivity index (χ4n) is 2.58. The summed E-state index contributed by atoms with van der Waals surface area (Å²) in [5, 5.41) is 0. The fraction of sp³-hybridized carbons (Fsp3) is 1.00. The minimum atomic E-state index is 0.861. The van der Waals surface area contributed by atoms with Gasteiger partial charge in [-0.3, -0.25) is 0 Å². The Balaban J connectivity index is 2.11. The highest BCUT2D eigenvalue weighted by Gasteiger charge is 2.27. The van der Waals surface area contributed by atoms with Crippen LogP contribution in [-0.2, 0) is 0 Å². The maximum atomic E-state index is 5.63. The Morgan fingerprint density at radius 2 is 1.94 bits per heavy atom. The number of hydrogen-bond donors (Lipinski definition) is 1. The third-order valence-electron chi connectivity index (χ3n) is 3.78. The smallest absolute Gasteiger partial charge is 0.00964 e. The van der Waals surface area contributed by atoms with E-state index in [0.29, 0.717) is 0 Å². The second-order valence-corrected chi connectivity index (χ2v) is 5.26. The van der Waals surface area contributed by atoms with Gasteiger partial charge >= 0.3 is 0 Å². The van der Waals surface area contributed by atoms with Crippen molar-refractivity contribution in [3.8, 4) is 0 Å². The van der Waals surface area contributed by atoms with E-state index >= 15 is 0 Å². The molecule has 0 heterocycles. The first-order valence-corrected chi connectivity index (χ1v) is 7.25. The van der Waals surface area contributed by atoms with Crippen LogP contribution in [0.1, 0.15) is 58.8 Å². The molecule has 0 saturated heterocycles. The van der Waals surface area contributed by atoms with E-state index in [-0.39, 0.29) is 0 Å². The van der Waals surface area contributed by atoms with Crippen LogP contribution in [0, 0.1) is 5.92 Å². The van der Waals surface area contributed by atoms with Gasteiger partial charge < -0.3 is 10.6 Å². The predicted octanol–water partition coefficient (Wildman–Crippen LogP) is 3.02. The molecular formula is C14H30N2. The van der Waals surface area contributed by atoms with Gasteiger partial charge in [0.15, 0.2) is 0 Å². The largest absolute Gasteiger partial charge is 0.330 e. The summed E-state index contributed by atoms with van der Waals surface area (Å²) in [5.41, 5.74) is 5.63. The van der Waals surface area contributed by atoms with Gasteiger partial charge in [0, 0.05) is 6.04 Å². The van der Waals surface area contributed by atoms with Gasteiger partial charge in [0.25, 0.3) is 0 Å². The fourth-order valence-corrected chi connectivity index (χ4v) is 2.58. The van der Waals surface area contributed by atoms with Gasteiger partial charge in [0.1, 0.15) is 0 Å². The van der Waals surface area contributed by atoms with Crippen molar-refractivity contribution in [3.63, 3.8) is 0 Å². The molecule has 0 aromatic rings. The van der Waals surface area contributed by atoms with Crippen molar-refractivity contribution in [3.05, 3.63) is 0 Å². The highest BCUT2D eigenvalue weighted by Crippen LogP contribution is 2.27. The van der Waals surface area contributed by atoms with Crippen LogP contribution in [0.4, 0.5) is 0 Å². The molecule has 1 aliphatic rings. The van der Waals surface area contributed by atoms with Gasteiger partial charge in [-0.2, -0.15) is 0 Å². The highest BCUT2D eigenvalue weighted by molar-refractivity contribution is 4.84. The third-order valence-corrected chi connectivity index (χ3v) is 3.78. The first-order chi connectivity index (χ1) is 7.81. The van der Waals surface area contributed by atoms with E-state index in [4.69, 9.17) is 5.73 Å². The number of rotatable bonds is 10. The van der Waals surface area contributed by atoms with Crippen LogP contribution in [0.15, 0.2) is 0 Å². The Bertz CT molecular complexity index is 166. The Morgan fingerprint density at radius 3 is 2.44 bits per heavy atom. The summed E-state index contributed by atoms with van der Waals surface area (Å²) < 4.78 is 0. The minimum Gasteiger partial charge on any atom is -0.330 e. The molecule has 0 bridgehead atoms. The molecule has 0 spiro atoms. The molecule has 0 radical (unpaired) electrons. The number of hydrogen-bond acceptors (Lipinski definition) is 2. The lowest BCUT2D eigenvalue weighted by Gasteiger charge is -2.22. The molecule has 1 aliphatic carbocycles. The van der Waals surface area contributed by atoms with Crippen molar-refractivity contribution in [2.24, 2.45) is 11.7 Å². The average molecular weight is 226 g/mol. The van der Waals surface area contributed by atoms with Gasteiger partial charge in [-0.05, 0) is 64.1 Å². The van der Waals surface area contributed by atoms with Crippen molar-refractivity contribution in [2.75, 3.05) is 19.6 Å². The van der Waals surface area contributed by atoms with Gasteiger partial charge in [-0.15, -0.1) is 0 Å². The molecule has 96 valence electrons. The van der Waals surface area contributed by atoms with E-state index in [1.807, 2.05) is 0 Å². The summed E-state index contributed by atoms with van der Waals surface area (Å²) in [4.78, 5) is 2.70. The number of nitrogens with two attached hydrogens (primary N) is 1. The first-order valence-electron chi connectivity index (χ1n) is 7.25. The molecule has 0 amide bonds. The standard InChI is InChI=1S/C14H30N2/c1-3-11-16(14-7-8-14)12-5-6-13(4-2)9-10-15/h13-14H,3-12,15H2,1-2H3. The molecule has 0 aliphatic heterocycles. The molecule has 1 unspecified atom stereocenters. The zero-order valence-electron chi connectivity index (χ0n) is 11.3. The second-order valence-electron chi connectivity index (χ2n) is 5.26. The normalized spacial score (nSPS) is 18.0. The lowest BCUT2D eigenvalue weighted by molar-refractivity contribution is 0.249. The van der Waals surface area contributed by atoms with Crippen LogP contribution >= 0.6 is 0 Å². The lowest BCUT2D eigenvalue weighted by Crippen LogP contribution is -2.28. The minimum absolute atomic E-state index is 0.861. The van der Waals surface area contributed by atoms with E-state index in [1.54, 1.807) is 0 Å². The Morgan fingerprint density at radius 1 is 1.19 bits per heavy atom. The van der Waals surface area contributed by atoms with E-state index in [1.165, 1.54) is 58.0 Å². The predicted molar refractivity (Wildman–Crippen MR) is 71.6 cm³/mol. The average Bonchev–Trinajstić information content (AvgIpc) is 3.10. The first kappa shape index (κ1) is 14.0. The van der Waals surface area contributed by atoms with Crippen molar-refractivity contribution in [1.29, 1.82) is 0 Å². The molecule has 0 aromatic heterocycles. The molecule has 1 saturated carbocycles. The molecule has 2 heteroatoms. The second kappa shape index (κ2) is 8.08. The number of nitrogens with zero attached hydrogens (tertiary/aromatic N) is 1. The molecule has 1 rings (SSSR count).